The Kier molecular flexibility index (Phi) is 5.71. The fraction of sp³-hybridized carbons (Fsp3) is 0.286. The summed E-state index contributed by atoms with van der Waals surface area (Å²) in [6, 6.07) is 11.1. The van der Waals surface area contributed by atoms with Crippen molar-refractivity contribution in [2.75, 3.05) is 18.1 Å². The molecule has 9 heteroatoms. The Morgan fingerprint density at radius 2 is 1.97 bits per heavy atom. The minimum atomic E-state index is -0.388. The molecule has 0 atom stereocenters. The number of carbonyl (C=O) groups is 3. The number of likely N-dealkylation sites (tertiary alicyclic amines) is 1. The fourth-order valence-corrected chi connectivity index (χ4v) is 4.23. The Labute approximate surface area is 177 Å². The summed E-state index contributed by atoms with van der Waals surface area (Å²) in [6.45, 7) is 2.27. The lowest BCUT2D eigenvalue weighted by Crippen LogP contribution is -2.42. The maximum Gasteiger partial charge on any atom is 0.249 e. The van der Waals surface area contributed by atoms with E-state index in [-0.39, 0.29) is 43.7 Å². The van der Waals surface area contributed by atoms with Crippen LogP contribution >= 0.6 is 11.3 Å². The summed E-state index contributed by atoms with van der Waals surface area (Å²) in [4.78, 5) is 48.6. The molecule has 0 radical (unpaired) electrons. The third-order valence-electron chi connectivity index (χ3n) is 4.70. The van der Waals surface area contributed by atoms with E-state index in [1.165, 1.54) is 16.2 Å². The maximum absolute atomic E-state index is 13.2. The van der Waals surface area contributed by atoms with E-state index in [2.05, 4.69) is 9.97 Å². The van der Waals surface area contributed by atoms with Gasteiger partial charge in [-0.15, -0.1) is 0 Å². The van der Waals surface area contributed by atoms with Gasteiger partial charge in [-0.05, 0) is 31.2 Å². The molecule has 0 N–H and O–H groups in total. The third kappa shape index (κ3) is 4.02. The van der Waals surface area contributed by atoms with Crippen molar-refractivity contribution in [2.24, 2.45) is 0 Å². The predicted molar refractivity (Wildman–Crippen MR) is 112 cm³/mol. The number of hydrogen-bond donors (Lipinski definition) is 0. The number of carbonyl (C=O) groups excluding carboxylic acids is 3. The molecule has 1 aliphatic heterocycles. The number of aromatic nitrogens is 2. The lowest BCUT2D eigenvalue weighted by molar-refractivity contribution is -0.141. The number of fused-ring (bicyclic) bond motifs is 1. The summed E-state index contributed by atoms with van der Waals surface area (Å²) in [5.74, 6) is -0.392. The molecule has 0 bridgehead atoms. The fourth-order valence-electron chi connectivity index (χ4n) is 3.23. The molecule has 4 rings (SSSR count). The van der Waals surface area contributed by atoms with Gasteiger partial charge in [0.05, 0.1) is 23.5 Å². The van der Waals surface area contributed by atoms with Crippen LogP contribution in [0.15, 0.2) is 42.6 Å². The molecule has 154 valence electrons. The van der Waals surface area contributed by atoms with E-state index in [1.54, 1.807) is 12.3 Å². The second-order valence-electron chi connectivity index (χ2n) is 6.71. The first-order valence-corrected chi connectivity index (χ1v) is 10.4. The number of amides is 3. The van der Waals surface area contributed by atoms with E-state index in [0.717, 1.165) is 9.60 Å². The zero-order valence-electron chi connectivity index (χ0n) is 16.4. The van der Waals surface area contributed by atoms with Crippen LogP contribution in [0.25, 0.3) is 10.2 Å². The molecule has 3 amide bonds. The van der Waals surface area contributed by atoms with Crippen molar-refractivity contribution in [3.63, 3.8) is 0 Å². The Morgan fingerprint density at radius 3 is 2.67 bits per heavy atom. The standard InChI is InChI=1S/C21H20N4O4S/c1-2-29-15-7-5-8-16-20(15)23-21(30-16)25(12-14-6-3-4-11-22-14)19(28)13-24-17(26)9-10-18(24)27/h3-8,11H,2,9-10,12-13H2,1H3. The first-order chi connectivity index (χ1) is 14.6. The van der Waals surface area contributed by atoms with Crippen LogP contribution in [0.3, 0.4) is 0 Å². The summed E-state index contributed by atoms with van der Waals surface area (Å²) < 4.78 is 6.54. The van der Waals surface area contributed by atoms with Crippen molar-refractivity contribution in [1.82, 2.24) is 14.9 Å². The van der Waals surface area contributed by atoms with Crippen molar-refractivity contribution in [1.29, 1.82) is 0 Å². The lowest BCUT2D eigenvalue weighted by Gasteiger charge is -2.22. The molecule has 1 saturated heterocycles. The number of rotatable bonds is 7. The first kappa shape index (κ1) is 20.0. The van der Waals surface area contributed by atoms with E-state index in [9.17, 15) is 14.4 Å². The van der Waals surface area contributed by atoms with Crippen LogP contribution < -0.4 is 9.64 Å². The van der Waals surface area contributed by atoms with Gasteiger partial charge in [-0.3, -0.25) is 29.2 Å². The molecule has 1 fully saturated rings. The highest BCUT2D eigenvalue weighted by atomic mass is 32.1. The molecular weight excluding hydrogens is 404 g/mol. The zero-order chi connectivity index (χ0) is 21.1. The van der Waals surface area contributed by atoms with Crippen molar-refractivity contribution in [3.05, 3.63) is 48.3 Å². The van der Waals surface area contributed by atoms with Gasteiger partial charge in [0.1, 0.15) is 17.8 Å². The van der Waals surface area contributed by atoms with E-state index in [0.29, 0.717) is 28.7 Å². The van der Waals surface area contributed by atoms with E-state index >= 15 is 0 Å². The van der Waals surface area contributed by atoms with Crippen molar-refractivity contribution in [2.45, 2.75) is 26.3 Å². The van der Waals surface area contributed by atoms with E-state index in [4.69, 9.17) is 4.74 Å². The number of imide groups is 1. The average molecular weight is 424 g/mol. The van der Waals surface area contributed by atoms with Crippen LogP contribution in [0.5, 0.6) is 5.75 Å². The second kappa shape index (κ2) is 8.58. The Hall–Kier alpha value is -3.33. The average Bonchev–Trinajstić information content (AvgIpc) is 3.32. The topological polar surface area (TPSA) is 92.7 Å². The number of anilines is 1. The molecule has 8 nitrogen and oxygen atoms in total. The zero-order valence-corrected chi connectivity index (χ0v) is 17.2. The molecule has 2 aromatic heterocycles. The van der Waals surface area contributed by atoms with Crippen LogP contribution in [-0.4, -0.2) is 45.7 Å². The number of thiazole rings is 1. The van der Waals surface area contributed by atoms with Crippen LogP contribution in [0, 0.1) is 0 Å². The lowest BCUT2D eigenvalue weighted by atomic mass is 10.3. The number of hydrogen-bond acceptors (Lipinski definition) is 7. The highest BCUT2D eigenvalue weighted by molar-refractivity contribution is 7.22. The Balaban J connectivity index is 1.69. The molecule has 3 aromatic rings. The van der Waals surface area contributed by atoms with Crippen LogP contribution in [0.1, 0.15) is 25.5 Å². The molecule has 0 saturated carbocycles. The number of benzene rings is 1. The van der Waals surface area contributed by atoms with Crippen LogP contribution in [0.4, 0.5) is 5.13 Å². The van der Waals surface area contributed by atoms with Gasteiger partial charge in [-0.1, -0.05) is 23.5 Å². The van der Waals surface area contributed by atoms with E-state index in [1.807, 2.05) is 37.3 Å². The predicted octanol–water partition coefficient (Wildman–Crippen LogP) is 2.77. The Morgan fingerprint density at radius 1 is 1.17 bits per heavy atom. The second-order valence-corrected chi connectivity index (χ2v) is 7.72. The monoisotopic (exact) mass is 424 g/mol. The number of ether oxygens (including phenoxy) is 1. The quantitative estimate of drug-likeness (QED) is 0.542. The van der Waals surface area contributed by atoms with Gasteiger partial charge in [0.15, 0.2) is 5.13 Å². The summed E-state index contributed by atoms with van der Waals surface area (Å²) in [5.41, 5.74) is 1.35. The molecule has 1 aliphatic rings. The molecule has 0 aliphatic carbocycles. The van der Waals surface area contributed by atoms with Gasteiger partial charge in [0, 0.05) is 19.0 Å². The van der Waals surface area contributed by atoms with Crippen molar-refractivity contribution in [3.8, 4) is 5.75 Å². The summed E-state index contributed by atoms with van der Waals surface area (Å²) >= 11 is 1.35. The maximum atomic E-state index is 13.2. The van der Waals surface area contributed by atoms with Gasteiger partial charge in [0.2, 0.25) is 17.7 Å². The van der Waals surface area contributed by atoms with E-state index < -0.39 is 0 Å². The smallest absolute Gasteiger partial charge is 0.249 e. The number of nitrogens with zero attached hydrogens (tertiary/aromatic N) is 4. The number of pyridine rings is 1. The van der Waals surface area contributed by atoms with Crippen LogP contribution in [-0.2, 0) is 20.9 Å². The highest BCUT2D eigenvalue weighted by Crippen LogP contribution is 2.35. The van der Waals surface area contributed by atoms with Crippen molar-refractivity contribution < 1.29 is 19.1 Å². The third-order valence-corrected chi connectivity index (χ3v) is 5.74. The summed E-state index contributed by atoms with van der Waals surface area (Å²) in [5, 5.41) is 0.465. The molecule has 0 spiro atoms. The molecular formula is C21H20N4O4S. The SMILES string of the molecule is CCOc1cccc2sc(N(Cc3ccccn3)C(=O)CN3C(=O)CCC3=O)nc12. The highest BCUT2D eigenvalue weighted by Gasteiger charge is 2.33. The molecule has 1 aromatic carbocycles. The minimum absolute atomic E-state index is 0.144. The van der Waals surface area contributed by atoms with Gasteiger partial charge < -0.3 is 4.74 Å². The van der Waals surface area contributed by atoms with Gasteiger partial charge >= 0.3 is 0 Å². The van der Waals surface area contributed by atoms with Gasteiger partial charge in [0.25, 0.3) is 0 Å². The van der Waals surface area contributed by atoms with Crippen molar-refractivity contribution >= 4 is 44.4 Å². The molecule has 3 heterocycles. The minimum Gasteiger partial charge on any atom is -0.492 e. The first-order valence-electron chi connectivity index (χ1n) is 9.62. The van der Waals surface area contributed by atoms with Gasteiger partial charge in [-0.2, -0.15) is 0 Å². The largest absolute Gasteiger partial charge is 0.492 e. The number of para-hydroxylation sites is 1. The summed E-state index contributed by atoms with van der Waals surface area (Å²) in [7, 11) is 0. The van der Waals surface area contributed by atoms with Gasteiger partial charge in [-0.25, -0.2) is 4.98 Å². The normalized spacial score (nSPS) is 13.8. The molecule has 30 heavy (non-hydrogen) atoms. The Bertz CT molecular complexity index is 1080. The summed E-state index contributed by atoms with van der Waals surface area (Å²) in [6.07, 6.45) is 1.94. The molecule has 0 unspecified atom stereocenters. The van der Waals surface area contributed by atoms with Crippen LogP contribution in [0.2, 0.25) is 0 Å².